The summed E-state index contributed by atoms with van der Waals surface area (Å²) in [4.78, 5) is 28.2. The highest BCUT2D eigenvalue weighted by atomic mass is 19.1. The number of nitrogen functional groups attached to an aromatic ring is 1. The second-order valence-corrected chi connectivity index (χ2v) is 7.21. The van der Waals surface area contributed by atoms with Crippen molar-refractivity contribution in [3.05, 3.63) is 95.2 Å². The summed E-state index contributed by atoms with van der Waals surface area (Å²) in [6.45, 7) is 0.300. The van der Waals surface area contributed by atoms with Crippen molar-refractivity contribution in [2.24, 2.45) is 11.5 Å². The normalized spacial score (nSPS) is 10.8. The number of anilines is 1. The summed E-state index contributed by atoms with van der Waals surface area (Å²) in [6.07, 6.45) is 2.40. The monoisotopic (exact) mass is 430 g/mol. The third kappa shape index (κ3) is 4.17. The van der Waals surface area contributed by atoms with Gasteiger partial charge in [0.2, 0.25) is 5.91 Å². The van der Waals surface area contributed by atoms with Gasteiger partial charge >= 0.3 is 0 Å². The van der Waals surface area contributed by atoms with Crippen LogP contribution in [0.15, 0.2) is 67.0 Å². The number of fused-ring (bicyclic) bond motifs is 1. The number of nitrogens with one attached hydrogen (secondary N) is 2. The predicted octanol–water partition coefficient (Wildman–Crippen LogP) is 2.86. The highest BCUT2D eigenvalue weighted by Gasteiger charge is 2.18. The van der Waals surface area contributed by atoms with E-state index in [9.17, 15) is 14.0 Å². The second-order valence-electron chi connectivity index (χ2n) is 7.21. The Bertz CT molecular complexity index is 1360. The van der Waals surface area contributed by atoms with Gasteiger partial charge in [-0.05, 0) is 29.8 Å². The minimum absolute atomic E-state index is 0.0951. The fourth-order valence-electron chi connectivity index (χ4n) is 3.41. The van der Waals surface area contributed by atoms with E-state index < -0.39 is 17.6 Å². The maximum Gasteiger partial charge on any atom is 0.272 e. The number of carbonyl (C=O) groups excluding carboxylic acids is 2. The Morgan fingerprint density at radius 2 is 1.72 bits per heavy atom. The molecule has 8 nitrogen and oxygen atoms in total. The highest BCUT2D eigenvalue weighted by molar-refractivity contribution is 6.07. The first-order valence-electron chi connectivity index (χ1n) is 9.60. The molecule has 0 aliphatic carbocycles. The van der Waals surface area contributed by atoms with Gasteiger partial charge in [0.25, 0.3) is 5.91 Å². The first kappa shape index (κ1) is 20.7. The molecule has 0 unspecified atom stereocenters. The number of nitrogens with two attached hydrogens (primary N) is 2. The molecule has 0 radical (unpaired) electrons. The van der Waals surface area contributed by atoms with Crippen LogP contribution in [0.3, 0.4) is 0 Å². The van der Waals surface area contributed by atoms with E-state index in [4.69, 9.17) is 16.9 Å². The molecule has 0 saturated heterocycles. The van der Waals surface area contributed by atoms with Gasteiger partial charge in [-0.15, -0.1) is 0 Å². The van der Waals surface area contributed by atoms with Crippen molar-refractivity contribution in [3.8, 4) is 0 Å². The largest absolute Gasteiger partial charge is 0.384 e. The Labute approximate surface area is 182 Å². The number of primary amides is 1. The van der Waals surface area contributed by atoms with Crippen LogP contribution >= 0.6 is 0 Å². The van der Waals surface area contributed by atoms with E-state index >= 15 is 0 Å². The summed E-state index contributed by atoms with van der Waals surface area (Å²) in [6, 6.07) is 14.8. The van der Waals surface area contributed by atoms with Gasteiger partial charge in [-0.3, -0.25) is 20.0 Å². The van der Waals surface area contributed by atoms with E-state index in [0.717, 1.165) is 17.1 Å². The Balaban J connectivity index is 1.77. The molecule has 2 heterocycles. The second kappa shape index (κ2) is 8.31. The molecule has 9 heteroatoms. The average Bonchev–Trinajstić information content (AvgIpc) is 3.12. The number of hydrogen-bond acceptors (Lipinski definition) is 4. The lowest BCUT2D eigenvalue weighted by molar-refractivity contribution is 0.0997. The van der Waals surface area contributed by atoms with Gasteiger partial charge in [0.15, 0.2) is 0 Å². The van der Waals surface area contributed by atoms with Gasteiger partial charge in [-0.2, -0.15) is 0 Å². The lowest BCUT2D eigenvalue weighted by atomic mass is 10.1. The molecule has 0 saturated carbocycles. The van der Waals surface area contributed by atoms with Gasteiger partial charge in [-0.25, -0.2) is 4.39 Å². The van der Waals surface area contributed by atoms with Crippen LogP contribution in [0.5, 0.6) is 0 Å². The Kier molecular flexibility index (Phi) is 5.38. The number of rotatable bonds is 6. The molecule has 2 aromatic carbocycles. The molecule has 0 fully saturated rings. The third-order valence-electron chi connectivity index (χ3n) is 4.99. The predicted molar refractivity (Wildman–Crippen MR) is 119 cm³/mol. The molecule has 0 aliphatic heterocycles. The maximum atomic E-state index is 13.5. The van der Waals surface area contributed by atoms with Crippen molar-refractivity contribution in [3.63, 3.8) is 0 Å². The highest BCUT2D eigenvalue weighted by Crippen LogP contribution is 2.24. The number of amidine groups is 1. The zero-order valence-electron chi connectivity index (χ0n) is 16.8. The number of halogens is 1. The molecule has 32 heavy (non-hydrogen) atoms. The standard InChI is InChI=1S/C23H19FN6O2/c24-17-9-18(11-28-10-17)29-23(32)20-7-15-5-6-16(21(25)26)8-19(15)30(20)12-13-1-3-14(4-2-13)22(27)31/h1-11H,12H2,(H3,25,26)(H2,27,31)(H,29,32). The van der Waals surface area contributed by atoms with Gasteiger partial charge in [-0.1, -0.05) is 24.3 Å². The van der Waals surface area contributed by atoms with Crippen molar-refractivity contribution in [2.75, 3.05) is 5.32 Å². The summed E-state index contributed by atoms with van der Waals surface area (Å²) < 4.78 is 15.2. The number of pyridine rings is 1. The van der Waals surface area contributed by atoms with Crippen LogP contribution < -0.4 is 16.8 Å². The number of carbonyl (C=O) groups is 2. The van der Waals surface area contributed by atoms with Crippen LogP contribution in [0.25, 0.3) is 10.9 Å². The van der Waals surface area contributed by atoms with Crippen LogP contribution in [0.1, 0.15) is 32.0 Å². The molecule has 0 bridgehead atoms. The van der Waals surface area contributed by atoms with Crippen LogP contribution in [0.4, 0.5) is 10.1 Å². The first-order chi connectivity index (χ1) is 15.3. The molecule has 6 N–H and O–H groups in total. The lowest BCUT2D eigenvalue weighted by Crippen LogP contribution is -2.18. The smallest absolute Gasteiger partial charge is 0.272 e. The Hall–Kier alpha value is -4.53. The van der Waals surface area contributed by atoms with E-state index in [1.165, 1.54) is 12.3 Å². The van der Waals surface area contributed by atoms with Crippen molar-refractivity contribution in [2.45, 2.75) is 6.54 Å². The topological polar surface area (TPSA) is 140 Å². The maximum absolute atomic E-state index is 13.5. The van der Waals surface area contributed by atoms with Crippen molar-refractivity contribution < 1.29 is 14.0 Å². The van der Waals surface area contributed by atoms with Crippen LogP contribution in [-0.4, -0.2) is 27.2 Å². The lowest BCUT2D eigenvalue weighted by Gasteiger charge is -2.12. The molecule has 160 valence electrons. The third-order valence-corrected chi connectivity index (χ3v) is 4.99. The van der Waals surface area contributed by atoms with Gasteiger partial charge in [0.05, 0.1) is 18.1 Å². The number of nitrogens with zero attached hydrogens (tertiary/aromatic N) is 2. The van der Waals surface area contributed by atoms with E-state index in [0.29, 0.717) is 28.9 Å². The molecule has 0 aliphatic rings. The quantitative estimate of drug-likeness (QED) is 0.276. The average molecular weight is 430 g/mol. The zero-order valence-corrected chi connectivity index (χ0v) is 16.8. The molecule has 4 aromatic rings. The number of benzene rings is 2. The first-order valence-corrected chi connectivity index (χ1v) is 9.60. The SMILES string of the molecule is N=C(N)c1ccc2cc(C(=O)Nc3cncc(F)c3)n(Cc3ccc(C(N)=O)cc3)c2c1. The van der Waals surface area contributed by atoms with E-state index in [2.05, 4.69) is 10.3 Å². The van der Waals surface area contributed by atoms with E-state index in [1.807, 2.05) is 0 Å². The summed E-state index contributed by atoms with van der Waals surface area (Å²) in [5.41, 5.74) is 13.9. The van der Waals surface area contributed by atoms with Crippen molar-refractivity contribution in [1.82, 2.24) is 9.55 Å². The summed E-state index contributed by atoms with van der Waals surface area (Å²) >= 11 is 0. The molecule has 2 amide bonds. The van der Waals surface area contributed by atoms with Crippen molar-refractivity contribution in [1.29, 1.82) is 5.41 Å². The Morgan fingerprint density at radius 1 is 1.00 bits per heavy atom. The number of hydrogen-bond donors (Lipinski definition) is 4. The van der Waals surface area contributed by atoms with Crippen molar-refractivity contribution >= 4 is 34.2 Å². The fourth-order valence-corrected chi connectivity index (χ4v) is 3.41. The summed E-state index contributed by atoms with van der Waals surface area (Å²) in [5.74, 6) is -1.64. The zero-order chi connectivity index (χ0) is 22.8. The van der Waals surface area contributed by atoms with Gasteiger partial charge in [0, 0.05) is 34.6 Å². The van der Waals surface area contributed by atoms with Gasteiger partial charge in [0.1, 0.15) is 17.3 Å². The number of amides is 2. The van der Waals surface area contributed by atoms with Crippen LogP contribution in [0, 0.1) is 11.2 Å². The summed E-state index contributed by atoms with van der Waals surface area (Å²) in [7, 11) is 0. The minimum Gasteiger partial charge on any atom is -0.384 e. The van der Waals surface area contributed by atoms with Crippen LogP contribution in [-0.2, 0) is 6.54 Å². The molecule has 0 spiro atoms. The van der Waals surface area contributed by atoms with Gasteiger partial charge < -0.3 is 21.4 Å². The number of aromatic nitrogens is 2. The molecular formula is C23H19FN6O2. The fraction of sp³-hybridized carbons (Fsp3) is 0.0435. The minimum atomic E-state index is -0.566. The molecule has 2 aromatic heterocycles. The molecule has 0 atom stereocenters. The summed E-state index contributed by atoms with van der Waals surface area (Å²) in [5, 5.41) is 11.2. The Morgan fingerprint density at radius 3 is 2.38 bits per heavy atom. The van der Waals surface area contributed by atoms with E-state index in [1.54, 1.807) is 53.1 Å². The molecule has 4 rings (SSSR count). The molecular weight excluding hydrogens is 411 g/mol. The van der Waals surface area contributed by atoms with E-state index in [-0.39, 0.29) is 11.5 Å². The van der Waals surface area contributed by atoms with Crippen LogP contribution in [0.2, 0.25) is 0 Å².